The summed E-state index contributed by atoms with van der Waals surface area (Å²) in [7, 11) is 0. The maximum absolute atomic E-state index is 13.1. The molecule has 6 heteroatoms. The van der Waals surface area contributed by atoms with Crippen LogP contribution in [0, 0.1) is 0 Å². The number of halogens is 2. The molecular weight excluding hydrogens is 240 g/mol. The van der Waals surface area contributed by atoms with Gasteiger partial charge in [0.05, 0.1) is 5.54 Å². The van der Waals surface area contributed by atoms with Gasteiger partial charge < -0.3 is 10.3 Å². The lowest BCUT2D eigenvalue weighted by Gasteiger charge is -2.21. The van der Waals surface area contributed by atoms with E-state index in [1.807, 2.05) is 13.8 Å². The SMILES string of the molecule is CCC(N)(CC)c1noc(C2CCC(F)(F)C2)n1. The van der Waals surface area contributed by atoms with E-state index in [4.69, 9.17) is 10.3 Å². The van der Waals surface area contributed by atoms with E-state index in [0.29, 0.717) is 31.0 Å². The van der Waals surface area contributed by atoms with Gasteiger partial charge in [0.1, 0.15) is 0 Å². The highest BCUT2D eigenvalue weighted by Gasteiger charge is 2.43. The Morgan fingerprint density at radius 3 is 2.61 bits per heavy atom. The third kappa shape index (κ3) is 2.39. The molecule has 1 fully saturated rings. The zero-order valence-corrected chi connectivity index (χ0v) is 10.7. The van der Waals surface area contributed by atoms with Crippen molar-refractivity contribution < 1.29 is 13.3 Å². The van der Waals surface area contributed by atoms with Crippen LogP contribution in [0.1, 0.15) is 63.6 Å². The van der Waals surface area contributed by atoms with Gasteiger partial charge in [-0.25, -0.2) is 8.78 Å². The van der Waals surface area contributed by atoms with Crippen molar-refractivity contribution >= 4 is 0 Å². The second kappa shape index (κ2) is 4.57. The number of rotatable bonds is 4. The number of hydrogen-bond donors (Lipinski definition) is 1. The average Bonchev–Trinajstić information content (AvgIpc) is 2.94. The predicted octanol–water partition coefficient (Wildman–Crippen LogP) is 2.95. The first kappa shape index (κ1) is 13.4. The van der Waals surface area contributed by atoms with Crippen molar-refractivity contribution in [2.24, 2.45) is 5.73 Å². The second-order valence-corrected chi connectivity index (χ2v) is 5.12. The molecule has 1 aromatic rings. The van der Waals surface area contributed by atoms with Crippen molar-refractivity contribution in [2.75, 3.05) is 0 Å². The number of nitrogens with zero attached hydrogens (tertiary/aromatic N) is 2. The van der Waals surface area contributed by atoms with Crippen molar-refractivity contribution in [3.8, 4) is 0 Å². The van der Waals surface area contributed by atoms with Crippen LogP contribution in [0.3, 0.4) is 0 Å². The topological polar surface area (TPSA) is 64.9 Å². The molecule has 1 atom stereocenters. The van der Waals surface area contributed by atoms with E-state index in [2.05, 4.69) is 10.1 Å². The van der Waals surface area contributed by atoms with Crippen molar-refractivity contribution in [1.82, 2.24) is 10.1 Å². The van der Waals surface area contributed by atoms with E-state index in [1.54, 1.807) is 0 Å². The van der Waals surface area contributed by atoms with Gasteiger partial charge in [0.15, 0.2) is 5.82 Å². The molecule has 2 N–H and O–H groups in total. The van der Waals surface area contributed by atoms with Crippen molar-refractivity contribution in [3.05, 3.63) is 11.7 Å². The van der Waals surface area contributed by atoms with Gasteiger partial charge >= 0.3 is 0 Å². The fraction of sp³-hybridized carbons (Fsp3) is 0.833. The second-order valence-electron chi connectivity index (χ2n) is 5.12. The highest BCUT2D eigenvalue weighted by molar-refractivity contribution is 5.07. The van der Waals surface area contributed by atoms with Crippen LogP contribution in [0.4, 0.5) is 8.78 Å². The van der Waals surface area contributed by atoms with Crippen LogP contribution in [-0.4, -0.2) is 16.1 Å². The van der Waals surface area contributed by atoms with E-state index >= 15 is 0 Å². The zero-order valence-electron chi connectivity index (χ0n) is 10.7. The molecule has 0 amide bonds. The summed E-state index contributed by atoms with van der Waals surface area (Å²) in [6, 6.07) is 0. The first-order valence-electron chi connectivity index (χ1n) is 6.41. The van der Waals surface area contributed by atoms with Gasteiger partial charge in [-0.15, -0.1) is 0 Å². The molecule has 2 rings (SSSR count). The third-order valence-electron chi connectivity index (χ3n) is 3.90. The molecule has 1 aliphatic carbocycles. The largest absolute Gasteiger partial charge is 0.339 e. The molecule has 0 spiro atoms. The Labute approximate surface area is 105 Å². The number of aromatic nitrogens is 2. The molecule has 0 aliphatic heterocycles. The highest BCUT2D eigenvalue weighted by Crippen LogP contribution is 2.43. The highest BCUT2D eigenvalue weighted by atomic mass is 19.3. The molecular formula is C12H19F2N3O. The number of nitrogens with two attached hydrogens (primary N) is 1. The molecule has 0 bridgehead atoms. The molecule has 4 nitrogen and oxygen atoms in total. The lowest BCUT2D eigenvalue weighted by molar-refractivity contribution is 0.00690. The molecule has 0 aromatic carbocycles. The molecule has 18 heavy (non-hydrogen) atoms. The molecule has 1 unspecified atom stereocenters. The number of alkyl halides is 2. The van der Waals surface area contributed by atoms with Crippen LogP contribution in [0.5, 0.6) is 0 Å². The fourth-order valence-corrected chi connectivity index (χ4v) is 2.33. The van der Waals surface area contributed by atoms with Crippen LogP contribution in [0.25, 0.3) is 0 Å². The van der Waals surface area contributed by atoms with Crippen molar-refractivity contribution in [1.29, 1.82) is 0 Å². The van der Waals surface area contributed by atoms with Gasteiger partial charge in [0.2, 0.25) is 11.8 Å². The maximum atomic E-state index is 13.1. The monoisotopic (exact) mass is 259 g/mol. The van der Waals surface area contributed by atoms with Gasteiger partial charge in [0, 0.05) is 18.8 Å². The average molecular weight is 259 g/mol. The Bertz CT molecular complexity index is 415. The summed E-state index contributed by atoms with van der Waals surface area (Å²) in [4.78, 5) is 4.24. The summed E-state index contributed by atoms with van der Waals surface area (Å²) >= 11 is 0. The Morgan fingerprint density at radius 2 is 2.11 bits per heavy atom. The lowest BCUT2D eigenvalue weighted by atomic mass is 9.93. The quantitative estimate of drug-likeness (QED) is 0.902. The smallest absolute Gasteiger partial charge is 0.248 e. The molecule has 0 radical (unpaired) electrons. The molecule has 1 aromatic heterocycles. The van der Waals surface area contributed by atoms with Crippen LogP contribution in [0.15, 0.2) is 4.52 Å². The van der Waals surface area contributed by atoms with Crippen LogP contribution >= 0.6 is 0 Å². The van der Waals surface area contributed by atoms with Crippen LogP contribution < -0.4 is 5.73 Å². The van der Waals surface area contributed by atoms with E-state index in [9.17, 15) is 8.78 Å². The summed E-state index contributed by atoms with van der Waals surface area (Å²) in [5, 5.41) is 3.87. The van der Waals surface area contributed by atoms with Crippen LogP contribution in [0.2, 0.25) is 0 Å². The molecule has 1 aliphatic rings. The minimum Gasteiger partial charge on any atom is -0.339 e. The molecule has 102 valence electrons. The van der Waals surface area contributed by atoms with Crippen LogP contribution in [-0.2, 0) is 5.54 Å². The lowest BCUT2D eigenvalue weighted by Crippen LogP contribution is -2.36. The first-order valence-corrected chi connectivity index (χ1v) is 6.41. The third-order valence-corrected chi connectivity index (χ3v) is 3.90. The van der Waals surface area contributed by atoms with Crippen molar-refractivity contribution in [3.63, 3.8) is 0 Å². The van der Waals surface area contributed by atoms with E-state index in [1.165, 1.54) is 0 Å². The Balaban J connectivity index is 2.16. The normalized spacial score (nSPS) is 23.5. The van der Waals surface area contributed by atoms with E-state index < -0.39 is 11.5 Å². The van der Waals surface area contributed by atoms with Crippen molar-refractivity contribution in [2.45, 2.75) is 63.3 Å². The van der Waals surface area contributed by atoms with Gasteiger partial charge in [-0.3, -0.25) is 0 Å². The van der Waals surface area contributed by atoms with Gasteiger partial charge in [-0.2, -0.15) is 4.98 Å². The standard InChI is InChI=1S/C12H19F2N3O/c1-3-11(15,4-2)10-16-9(18-17-10)8-5-6-12(13,14)7-8/h8H,3-7,15H2,1-2H3. The van der Waals surface area contributed by atoms with E-state index in [0.717, 1.165) is 0 Å². The fourth-order valence-electron chi connectivity index (χ4n) is 2.33. The van der Waals surface area contributed by atoms with Gasteiger partial charge in [0.25, 0.3) is 0 Å². The molecule has 1 saturated carbocycles. The Morgan fingerprint density at radius 1 is 1.44 bits per heavy atom. The molecule has 1 heterocycles. The summed E-state index contributed by atoms with van der Waals surface area (Å²) < 4.78 is 31.4. The summed E-state index contributed by atoms with van der Waals surface area (Å²) in [5.74, 6) is -2.20. The zero-order chi connectivity index (χ0) is 13.4. The van der Waals surface area contributed by atoms with E-state index in [-0.39, 0.29) is 18.8 Å². The Kier molecular flexibility index (Phi) is 3.40. The minimum atomic E-state index is -2.60. The van der Waals surface area contributed by atoms with Gasteiger partial charge in [-0.1, -0.05) is 19.0 Å². The predicted molar refractivity (Wildman–Crippen MR) is 62.3 cm³/mol. The molecule has 0 saturated heterocycles. The Hall–Kier alpha value is -1.04. The summed E-state index contributed by atoms with van der Waals surface area (Å²) in [6.07, 6.45) is 1.45. The number of hydrogen-bond acceptors (Lipinski definition) is 4. The minimum absolute atomic E-state index is 0.106. The summed E-state index contributed by atoms with van der Waals surface area (Å²) in [6.45, 7) is 3.90. The maximum Gasteiger partial charge on any atom is 0.248 e. The summed E-state index contributed by atoms with van der Waals surface area (Å²) in [5.41, 5.74) is 5.53. The first-order chi connectivity index (χ1) is 8.40. The van der Waals surface area contributed by atoms with Gasteiger partial charge in [-0.05, 0) is 19.3 Å².